The molecule has 104 valence electrons. The van der Waals surface area contributed by atoms with Crippen molar-refractivity contribution >= 4 is 0 Å². The van der Waals surface area contributed by atoms with Gasteiger partial charge in [0, 0.05) is 25.4 Å². The number of nitriles is 1. The van der Waals surface area contributed by atoms with Crippen LogP contribution in [0.3, 0.4) is 0 Å². The van der Waals surface area contributed by atoms with Gasteiger partial charge in [-0.05, 0) is 36.7 Å². The molecule has 0 saturated carbocycles. The Morgan fingerprint density at radius 2 is 2.30 bits per heavy atom. The fourth-order valence-corrected chi connectivity index (χ4v) is 2.04. The lowest BCUT2D eigenvalue weighted by Crippen LogP contribution is -2.17. The maximum atomic E-state index is 8.93. The van der Waals surface area contributed by atoms with Gasteiger partial charge < -0.3 is 10.1 Å². The Bertz CT molecular complexity index is 613. The standard InChI is InChI=1S/C15H18N4O/c1-19-11-13(9-18-19)5-6-17-10-14-7-12(8-16)3-4-15(14)20-2/h3-4,7,9,11,17H,5-6,10H2,1-2H3. The minimum atomic E-state index is 0.648. The second kappa shape index (κ2) is 6.73. The molecular weight excluding hydrogens is 252 g/mol. The van der Waals surface area contributed by atoms with E-state index in [1.807, 2.05) is 31.6 Å². The highest BCUT2D eigenvalue weighted by atomic mass is 16.5. The lowest BCUT2D eigenvalue weighted by Gasteiger charge is -2.09. The summed E-state index contributed by atoms with van der Waals surface area (Å²) in [6.45, 7) is 1.53. The van der Waals surface area contributed by atoms with Gasteiger partial charge in [-0.2, -0.15) is 10.4 Å². The van der Waals surface area contributed by atoms with Gasteiger partial charge >= 0.3 is 0 Å². The third-order valence-corrected chi connectivity index (χ3v) is 3.07. The molecule has 2 rings (SSSR count). The molecule has 0 atom stereocenters. The van der Waals surface area contributed by atoms with Crippen LogP contribution in [0.1, 0.15) is 16.7 Å². The number of benzene rings is 1. The summed E-state index contributed by atoms with van der Waals surface area (Å²) in [7, 11) is 3.55. The summed E-state index contributed by atoms with van der Waals surface area (Å²) >= 11 is 0. The first kappa shape index (κ1) is 14.1. The van der Waals surface area contributed by atoms with Gasteiger partial charge in [0.15, 0.2) is 0 Å². The van der Waals surface area contributed by atoms with E-state index < -0.39 is 0 Å². The Kier molecular flexibility index (Phi) is 4.75. The lowest BCUT2D eigenvalue weighted by atomic mass is 10.1. The molecular formula is C15H18N4O. The van der Waals surface area contributed by atoms with Crippen molar-refractivity contribution in [2.24, 2.45) is 7.05 Å². The predicted octanol–water partition coefficient (Wildman–Crippen LogP) is 1.63. The van der Waals surface area contributed by atoms with Gasteiger partial charge in [-0.15, -0.1) is 0 Å². The number of hydrogen-bond acceptors (Lipinski definition) is 4. The molecule has 1 N–H and O–H groups in total. The highest BCUT2D eigenvalue weighted by Crippen LogP contribution is 2.19. The largest absolute Gasteiger partial charge is 0.496 e. The monoisotopic (exact) mass is 270 g/mol. The number of rotatable bonds is 6. The van der Waals surface area contributed by atoms with Crippen molar-refractivity contribution in [1.29, 1.82) is 5.26 Å². The SMILES string of the molecule is COc1ccc(C#N)cc1CNCCc1cnn(C)c1. The average molecular weight is 270 g/mol. The van der Waals surface area contributed by atoms with E-state index in [0.29, 0.717) is 12.1 Å². The van der Waals surface area contributed by atoms with Crippen LogP contribution in [-0.2, 0) is 20.0 Å². The maximum Gasteiger partial charge on any atom is 0.123 e. The molecule has 1 heterocycles. The first-order chi connectivity index (χ1) is 9.72. The van der Waals surface area contributed by atoms with Gasteiger partial charge in [-0.3, -0.25) is 4.68 Å². The molecule has 0 saturated heterocycles. The van der Waals surface area contributed by atoms with Crippen LogP contribution in [-0.4, -0.2) is 23.4 Å². The normalized spacial score (nSPS) is 10.2. The van der Waals surface area contributed by atoms with Crippen molar-refractivity contribution in [1.82, 2.24) is 15.1 Å². The molecule has 5 heteroatoms. The molecule has 0 unspecified atom stereocenters. The lowest BCUT2D eigenvalue weighted by molar-refractivity contribution is 0.407. The first-order valence-electron chi connectivity index (χ1n) is 6.48. The first-order valence-corrected chi connectivity index (χ1v) is 6.48. The molecule has 0 aliphatic heterocycles. The molecule has 20 heavy (non-hydrogen) atoms. The molecule has 0 spiro atoms. The van der Waals surface area contributed by atoms with Crippen LogP contribution in [0.25, 0.3) is 0 Å². The minimum absolute atomic E-state index is 0.648. The van der Waals surface area contributed by atoms with E-state index in [0.717, 1.165) is 24.3 Å². The quantitative estimate of drug-likeness (QED) is 0.810. The van der Waals surface area contributed by atoms with Crippen LogP contribution < -0.4 is 10.1 Å². The van der Waals surface area contributed by atoms with Crippen LogP contribution in [0, 0.1) is 11.3 Å². The Labute approximate surface area is 118 Å². The van der Waals surface area contributed by atoms with Crippen molar-refractivity contribution in [3.63, 3.8) is 0 Å². The van der Waals surface area contributed by atoms with Crippen molar-refractivity contribution in [2.75, 3.05) is 13.7 Å². The van der Waals surface area contributed by atoms with E-state index in [-0.39, 0.29) is 0 Å². The number of hydrogen-bond donors (Lipinski definition) is 1. The number of nitrogens with one attached hydrogen (secondary N) is 1. The predicted molar refractivity (Wildman–Crippen MR) is 76.3 cm³/mol. The summed E-state index contributed by atoms with van der Waals surface area (Å²) in [5.74, 6) is 0.804. The molecule has 0 aliphatic carbocycles. The Morgan fingerprint density at radius 1 is 1.45 bits per heavy atom. The smallest absolute Gasteiger partial charge is 0.123 e. The van der Waals surface area contributed by atoms with Gasteiger partial charge in [0.25, 0.3) is 0 Å². The Hall–Kier alpha value is -2.32. The van der Waals surface area contributed by atoms with E-state index >= 15 is 0 Å². The van der Waals surface area contributed by atoms with Crippen LogP contribution in [0.5, 0.6) is 5.75 Å². The summed E-state index contributed by atoms with van der Waals surface area (Å²) in [6, 6.07) is 7.59. The summed E-state index contributed by atoms with van der Waals surface area (Å²) in [6.07, 6.45) is 4.81. The van der Waals surface area contributed by atoms with Crippen molar-refractivity contribution in [3.05, 3.63) is 47.3 Å². The molecule has 0 amide bonds. The third-order valence-electron chi connectivity index (χ3n) is 3.07. The molecule has 0 bridgehead atoms. The van der Waals surface area contributed by atoms with Crippen molar-refractivity contribution in [3.8, 4) is 11.8 Å². The summed E-state index contributed by atoms with van der Waals surface area (Å²) in [4.78, 5) is 0. The van der Waals surface area contributed by atoms with Crippen molar-refractivity contribution < 1.29 is 4.74 Å². The molecule has 0 fully saturated rings. The summed E-state index contributed by atoms with van der Waals surface area (Å²) in [5.41, 5.74) is 2.85. The van der Waals surface area contributed by atoms with Crippen LogP contribution in [0.4, 0.5) is 0 Å². The zero-order valence-electron chi connectivity index (χ0n) is 11.8. The molecule has 1 aromatic heterocycles. The fraction of sp³-hybridized carbons (Fsp3) is 0.333. The summed E-state index contributed by atoms with van der Waals surface area (Å²) < 4.78 is 7.10. The van der Waals surface area contributed by atoms with Gasteiger partial charge in [-0.25, -0.2) is 0 Å². The Morgan fingerprint density at radius 3 is 2.95 bits per heavy atom. The molecule has 0 aliphatic rings. The summed E-state index contributed by atoms with van der Waals surface area (Å²) in [5, 5.41) is 16.4. The minimum Gasteiger partial charge on any atom is -0.496 e. The van der Waals surface area contributed by atoms with E-state index in [1.54, 1.807) is 17.9 Å². The van der Waals surface area contributed by atoms with Gasteiger partial charge in [0.2, 0.25) is 0 Å². The van der Waals surface area contributed by atoms with Crippen LogP contribution >= 0.6 is 0 Å². The second-order valence-electron chi connectivity index (χ2n) is 4.59. The van der Waals surface area contributed by atoms with Crippen molar-refractivity contribution in [2.45, 2.75) is 13.0 Å². The molecule has 0 radical (unpaired) electrons. The van der Waals surface area contributed by atoms with E-state index in [2.05, 4.69) is 16.5 Å². The van der Waals surface area contributed by atoms with Crippen LogP contribution in [0.2, 0.25) is 0 Å². The number of nitrogens with zero attached hydrogens (tertiary/aromatic N) is 3. The maximum absolute atomic E-state index is 8.93. The van der Waals surface area contributed by atoms with E-state index in [9.17, 15) is 0 Å². The highest BCUT2D eigenvalue weighted by Gasteiger charge is 2.04. The number of methoxy groups -OCH3 is 1. The molecule has 2 aromatic rings. The topological polar surface area (TPSA) is 62.9 Å². The second-order valence-corrected chi connectivity index (χ2v) is 4.59. The number of aromatic nitrogens is 2. The molecule has 1 aromatic carbocycles. The average Bonchev–Trinajstić information content (AvgIpc) is 2.89. The fourth-order valence-electron chi connectivity index (χ4n) is 2.04. The van der Waals surface area contributed by atoms with E-state index in [4.69, 9.17) is 10.00 Å². The number of ether oxygens (including phenoxy) is 1. The van der Waals surface area contributed by atoms with E-state index in [1.165, 1.54) is 5.56 Å². The van der Waals surface area contributed by atoms with Crippen LogP contribution in [0.15, 0.2) is 30.6 Å². The van der Waals surface area contributed by atoms with Gasteiger partial charge in [-0.1, -0.05) is 0 Å². The van der Waals surface area contributed by atoms with Gasteiger partial charge in [0.05, 0.1) is 24.9 Å². The van der Waals surface area contributed by atoms with Gasteiger partial charge in [0.1, 0.15) is 5.75 Å². The third kappa shape index (κ3) is 3.59. The molecule has 5 nitrogen and oxygen atoms in total. The zero-order chi connectivity index (χ0) is 14.4. The zero-order valence-corrected chi connectivity index (χ0v) is 11.8. The Balaban J connectivity index is 1.88. The highest BCUT2D eigenvalue weighted by molar-refractivity contribution is 5.41. The number of aryl methyl sites for hydroxylation is 1.